The highest BCUT2D eigenvalue weighted by atomic mass is 35.5. The fourth-order valence-electron chi connectivity index (χ4n) is 2.05. The normalized spacial score (nSPS) is 12.0. The van der Waals surface area contributed by atoms with Crippen LogP contribution in [0.25, 0.3) is 0 Å². The SMILES string of the molecule is Cc1csc(CO)c1S(=O)(=O)N(C)Cc1ccccc1Cl. The van der Waals surface area contributed by atoms with E-state index in [2.05, 4.69) is 0 Å². The highest BCUT2D eigenvalue weighted by molar-refractivity contribution is 7.89. The van der Waals surface area contributed by atoms with Crippen LogP contribution in [0.15, 0.2) is 34.5 Å². The zero-order chi connectivity index (χ0) is 15.6. The van der Waals surface area contributed by atoms with Gasteiger partial charge in [-0.3, -0.25) is 0 Å². The molecule has 114 valence electrons. The molecule has 0 atom stereocenters. The first-order chi connectivity index (χ1) is 9.87. The van der Waals surface area contributed by atoms with Gasteiger partial charge in [0, 0.05) is 18.6 Å². The predicted octanol–water partition coefficient (Wildman–Crippen LogP) is 3.02. The summed E-state index contributed by atoms with van der Waals surface area (Å²) in [4.78, 5) is 0.656. The third kappa shape index (κ3) is 3.30. The molecule has 0 bridgehead atoms. The minimum absolute atomic E-state index is 0.183. The van der Waals surface area contributed by atoms with E-state index in [1.165, 1.54) is 22.7 Å². The molecule has 0 unspecified atom stereocenters. The second-order valence-electron chi connectivity index (χ2n) is 4.68. The number of halogens is 1. The molecule has 0 radical (unpaired) electrons. The zero-order valence-corrected chi connectivity index (χ0v) is 14.1. The lowest BCUT2D eigenvalue weighted by Gasteiger charge is -2.18. The highest BCUT2D eigenvalue weighted by Gasteiger charge is 2.27. The molecule has 0 aliphatic rings. The van der Waals surface area contributed by atoms with Crippen LogP contribution in [-0.4, -0.2) is 24.9 Å². The lowest BCUT2D eigenvalue weighted by atomic mass is 10.2. The summed E-state index contributed by atoms with van der Waals surface area (Å²) in [7, 11) is -2.15. The minimum atomic E-state index is -3.66. The number of benzene rings is 1. The average Bonchev–Trinajstić information content (AvgIpc) is 2.83. The Morgan fingerprint density at radius 3 is 2.62 bits per heavy atom. The van der Waals surface area contributed by atoms with Crippen LogP contribution in [0.5, 0.6) is 0 Å². The quantitative estimate of drug-likeness (QED) is 0.906. The number of aliphatic hydroxyl groups is 1. The van der Waals surface area contributed by atoms with E-state index in [4.69, 9.17) is 11.6 Å². The topological polar surface area (TPSA) is 57.6 Å². The first-order valence-electron chi connectivity index (χ1n) is 6.25. The third-order valence-electron chi connectivity index (χ3n) is 3.15. The molecular formula is C14H16ClNO3S2. The van der Waals surface area contributed by atoms with Crippen LogP contribution in [0, 0.1) is 6.92 Å². The second-order valence-corrected chi connectivity index (χ2v) is 8.03. The Balaban J connectivity index is 2.35. The van der Waals surface area contributed by atoms with Gasteiger partial charge < -0.3 is 5.11 Å². The standard InChI is InChI=1S/C14H16ClNO3S2/c1-10-9-20-13(8-17)14(10)21(18,19)16(2)7-11-5-3-4-6-12(11)15/h3-6,9,17H,7-8H2,1-2H3. The van der Waals surface area contributed by atoms with Crippen molar-refractivity contribution in [2.45, 2.75) is 25.0 Å². The number of aliphatic hydroxyl groups excluding tert-OH is 1. The molecule has 21 heavy (non-hydrogen) atoms. The fraction of sp³-hybridized carbons (Fsp3) is 0.286. The molecule has 0 spiro atoms. The summed E-state index contributed by atoms with van der Waals surface area (Å²) >= 11 is 7.32. The van der Waals surface area contributed by atoms with Gasteiger partial charge in [0.25, 0.3) is 0 Å². The van der Waals surface area contributed by atoms with Crippen LogP contribution in [0.4, 0.5) is 0 Å². The van der Waals surface area contributed by atoms with E-state index < -0.39 is 10.0 Å². The molecule has 0 saturated carbocycles. The summed E-state index contributed by atoms with van der Waals surface area (Å²) in [5.41, 5.74) is 1.39. The van der Waals surface area contributed by atoms with Crippen molar-refractivity contribution < 1.29 is 13.5 Å². The third-order valence-corrected chi connectivity index (χ3v) is 6.77. The lowest BCUT2D eigenvalue weighted by Crippen LogP contribution is -2.27. The summed E-state index contributed by atoms with van der Waals surface area (Å²) in [5.74, 6) is 0. The lowest BCUT2D eigenvalue weighted by molar-refractivity contribution is 0.282. The molecule has 4 nitrogen and oxygen atoms in total. The fourth-order valence-corrected chi connectivity index (χ4v) is 5.00. The summed E-state index contributed by atoms with van der Waals surface area (Å²) in [6.07, 6.45) is 0. The second kappa shape index (κ2) is 6.46. The van der Waals surface area contributed by atoms with Gasteiger partial charge in [-0.2, -0.15) is 4.31 Å². The Labute approximate surface area is 133 Å². The van der Waals surface area contributed by atoms with Gasteiger partial charge in [0.15, 0.2) is 0 Å². The van der Waals surface area contributed by atoms with E-state index in [1.807, 2.05) is 6.07 Å². The summed E-state index contributed by atoms with van der Waals surface area (Å²) in [6, 6.07) is 7.14. The van der Waals surface area contributed by atoms with Gasteiger partial charge in [-0.05, 0) is 29.5 Å². The van der Waals surface area contributed by atoms with Gasteiger partial charge in [0.1, 0.15) is 4.90 Å². The van der Waals surface area contributed by atoms with Crippen molar-refractivity contribution in [3.05, 3.63) is 50.7 Å². The van der Waals surface area contributed by atoms with Crippen molar-refractivity contribution in [2.75, 3.05) is 7.05 Å². The van der Waals surface area contributed by atoms with Crippen LogP contribution in [-0.2, 0) is 23.2 Å². The maximum atomic E-state index is 12.7. The van der Waals surface area contributed by atoms with Gasteiger partial charge in [0.2, 0.25) is 10.0 Å². The Kier molecular flexibility index (Phi) is 5.06. The molecule has 1 aromatic carbocycles. The molecule has 1 heterocycles. The maximum absolute atomic E-state index is 12.7. The summed E-state index contributed by atoms with van der Waals surface area (Å²) in [5, 5.41) is 11.6. The molecule has 0 saturated heterocycles. The van der Waals surface area contributed by atoms with Crippen molar-refractivity contribution in [1.82, 2.24) is 4.31 Å². The summed E-state index contributed by atoms with van der Waals surface area (Å²) < 4.78 is 26.6. The van der Waals surface area contributed by atoms with Crippen molar-refractivity contribution in [1.29, 1.82) is 0 Å². The molecule has 1 N–H and O–H groups in total. The molecule has 0 aliphatic carbocycles. The van der Waals surface area contributed by atoms with Gasteiger partial charge in [0.05, 0.1) is 11.5 Å². The van der Waals surface area contributed by atoms with E-state index in [9.17, 15) is 13.5 Å². The van der Waals surface area contributed by atoms with Gasteiger partial charge in [-0.15, -0.1) is 11.3 Å². The number of thiophene rings is 1. The maximum Gasteiger partial charge on any atom is 0.244 e. The number of rotatable bonds is 5. The Hall–Kier alpha value is -0.920. The van der Waals surface area contributed by atoms with Crippen molar-refractivity contribution in [3.8, 4) is 0 Å². The van der Waals surface area contributed by atoms with Crippen LogP contribution in [0.3, 0.4) is 0 Å². The summed E-state index contributed by atoms with van der Waals surface area (Å²) in [6.45, 7) is 1.63. The molecule has 2 aromatic rings. The first-order valence-corrected chi connectivity index (χ1v) is 8.95. The zero-order valence-electron chi connectivity index (χ0n) is 11.7. The highest BCUT2D eigenvalue weighted by Crippen LogP contribution is 2.30. The number of sulfonamides is 1. The van der Waals surface area contributed by atoms with Crippen LogP contribution in [0.1, 0.15) is 16.0 Å². The largest absolute Gasteiger partial charge is 0.391 e. The molecule has 0 fully saturated rings. The first kappa shape index (κ1) is 16.5. The van der Waals surface area contributed by atoms with Crippen LogP contribution < -0.4 is 0 Å². The Morgan fingerprint density at radius 2 is 2.00 bits per heavy atom. The van der Waals surface area contributed by atoms with Crippen molar-refractivity contribution >= 4 is 33.0 Å². The Morgan fingerprint density at radius 1 is 1.33 bits per heavy atom. The predicted molar refractivity (Wildman–Crippen MR) is 85.1 cm³/mol. The molecule has 7 heteroatoms. The minimum Gasteiger partial charge on any atom is -0.391 e. The van der Waals surface area contributed by atoms with E-state index in [0.29, 0.717) is 15.5 Å². The molecular weight excluding hydrogens is 330 g/mol. The number of nitrogens with zero attached hydrogens (tertiary/aromatic N) is 1. The average molecular weight is 346 g/mol. The van der Waals surface area contributed by atoms with Gasteiger partial charge >= 0.3 is 0 Å². The number of hydrogen-bond donors (Lipinski definition) is 1. The van der Waals surface area contributed by atoms with E-state index in [1.54, 1.807) is 30.5 Å². The van der Waals surface area contributed by atoms with Crippen molar-refractivity contribution in [3.63, 3.8) is 0 Å². The number of hydrogen-bond acceptors (Lipinski definition) is 4. The molecule has 2 rings (SSSR count). The van der Waals surface area contributed by atoms with Crippen LogP contribution >= 0.6 is 22.9 Å². The van der Waals surface area contributed by atoms with E-state index in [0.717, 1.165) is 5.56 Å². The number of aryl methyl sites for hydroxylation is 1. The molecule has 0 aliphatic heterocycles. The molecule has 1 aromatic heterocycles. The van der Waals surface area contributed by atoms with Crippen molar-refractivity contribution in [2.24, 2.45) is 0 Å². The smallest absolute Gasteiger partial charge is 0.244 e. The molecule has 0 amide bonds. The monoisotopic (exact) mass is 345 g/mol. The Bertz CT molecular complexity index is 740. The van der Waals surface area contributed by atoms with E-state index >= 15 is 0 Å². The van der Waals surface area contributed by atoms with Crippen LogP contribution in [0.2, 0.25) is 5.02 Å². The van der Waals surface area contributed by atoms with E-state index in [-0.39, 0.29) is 18.0 Å². The van der Waals surface area contributed by atoms with Gasteiger partial charge in [-0.25, -0.2) is 8.42 Å². The van der Waals surface area contributed by atoms with Gasteiger partial charge in [-0.1, -0.05) is 29.8 Å².